The summed E-state index contributed by atoms with van der Waals surface area (Å²) in [5.74, 6) is 0.0180. The van der Waals surface area contributed by atoms with Gasteiger partial charge < -0.3 is 14.8 Å². The van der Waals surface area contributed by atoms with Gasteiger partial charge in [0.15, 0.2) is 11.6 Å². The average Bonchev–Trinajstić information content (AvgIpc) is 2.43. The summed E-state index contributed by atoms with van der Waals surface area (Å²) in [7, 11) is 0. The van der Waals surface area contributed by atoms with Gasteiger partial charge in [-0.1, -0.05) is 13.0 Å². The summed E-state index contributed by atoms with van der Waals surface area (Å²) in [5.41, 5.74) is 0.995. The Balaban J connectivity index is 1.97. The van der Waals surface area contributed by atoms with Crippen molar-refractivity contribution in [2.45, 2.75) is 51.9 Å². The molecule has 1 aliphatic rings. The van der Waals surface area contributed by atoms with Crippen LogP contribution >= 0.6 is 0 Å². The van der Waals surface area contributed by atoms with Crippen molar-refractivity contribution in [2.24, 2.45) is 0 Å². The normalized spacial score (nSPS) is 25.3. The van der Waals surface area contributed by atoms with Crippen molar-refractivity contribution in [3.8, 4) is 5.75 Å². The SMILES string of the molecule is CCCNC1CC(Oc2cc(C)ccc2F)C1OCC. The van der Waals surface area contributed by atoms with Crippen LogP contribution in [0.3, 0.4) is 0 Å². The van der Waals surface area contributed by atoms with Gasteiger partial charge in [0.2, 0.25) is 0 Å². The monoisotopic (exact) mass is 281 g/mol. The molecule has 4 heteroatoms. The standard InChI is InChI=1S/C16H24FNO2/c1-4-8-18-13-10-15(16(13)19-5-2)20-14-9-11(3)6-7-12(14)17/h6-7,9,13,15-16,18H,4-5,8,10H2,1-3H3. The molecule has 1 aromatic rings. The van der Waals surface area contributed by atoms with Crippen LogP contribution in [-0.4, -0.2) is 31.4 Å². The summed E-state index contributed by atoms with van der Waals surface area (Å²) >= 11 is 0. The highest BCUT2D eigenvalue weighted by Crippen LogP contribution is 2.30. The Morgan fingerprint density at radius 2 is 2.15 bits per heavy atom. The molecule has 1 N–H and O–H groups in total. The van der Waals surface area contributed by atoms with Gasteiger partial charge >= 0.3 is 0 Å². The maximum atomic E-state index is 13.7. The third-order valence-corrected chi connectivity index (χ3v) is 3.63. The molecule has 0 heterocycles. The Kier molecular flexibility index (Phi) is 5.38. The van der Waals surface area contributed by atoms with Gasteiger partial charge in [-0.2, -0.15) is 0 Å². The van der Waals surface area contributed by atoms with Gasteiger partial charge in [-0.25, -0.2) is 4.39 Å². The average molecular weight is 281 g/mol. The minimum atomic E-state index is -0.309. The fourth-order valence-corrected chi connectivity index (χ4v) is 2.51. The van der Waals surface area contributed by atoms with Crippen LogP contribution < -0.4 is 10.1 Å². The smallest absolute Gasteiger partial charge is 0.165 e. The first-order valence-electron chi connectivity index (χ1n) is 7.43. The number of benzene rings is 1. The van der Waals surface area contributed by atoms with Gasteiger partial charge in [0.25, 0.3) is 0 Å². The molecule has 2 rings (SSSR count). The predicted molar refractivity (Wildman–Crippen MR) is 77.7 cm³/mol. The maximum Gasteiger partial charge on any atom is 0.165 e. The summed E-state index contributed by atoms with van der Waals surface area (Å²) in [4.78, 5) is 0. The molecule has 0 aliphatic heterocycles. The molecule has 1 aliphatic carbocycles. The molecule has 1 saturated carbocycles. The van der Waals surface area contributed by atoms with E-state index in [1.165, 1.54) is 6.07 Å². The molecule has 112 valence electrons. The van der Waals surface area contributed by atoms with Crippen molar-refractivity contribution < 1.29 is 13.9 Å². The van der Waals surface area contributed by atoms with E-state index in [2.05, 4.69) is 12.2 Å². The lowest BCUT2D eigenvalue weighted by atomic mass is 9.85. The highest BCUT2D eigenvalue weighted by Gasteiger charge is 2.43. The molecule has 1 aromatic carbocycles. The van der Waals surface area contributed by atoms with E-state index in [4.69, 9.17) is 9.47 Å². The number of halogens is 1. The van der Waals surface area contributed by atoms with E-state index in [-0.39, 0.29) is 18.0 Å². The van der Waals surface area contributed by atoms with Gasteiger partial charge in [-0.15, -0.1) is 0 Å². The Bertz CT molecular complexity index is 438. The quantitative estimate of drug-likeness (QED) is 0.833. The molecule has 0 spiro atoms. The van der Waals surface area contributed by atoms with Crippen LogP contribution in [0, 0.1) is 12.7 Å². The number of hydrogen-bond donors (Lipinski definition) is 1. The summed E-state index contributed by atoms with van der Waals surface area (Å²) in [6, 6.07) is 5.25. The van der Waals surface area contributed by atoms with Crippen LogP contribution in [0.25, 0.3) is 0 Å². The van der Waals surface area contributed by atoms with Gasteiger partial charge in [-0.3, -0.25) is 0 Å². The predicted octanol–water partition coefficient (Wildman–Crippen LogP) is 3.06. The second-order valence-corrected chi connectivity index (χ2v) is 5.31. The van der Waals surface area contributed by atoms with E-state index in [9.17, 15) is 4.39 Å². The van der Waals surface area contributed by atoms with Crippen molar-refractivity contribution in [3.05, 3.63) is 29.6 Å². The van der Waals surface area contributed by atoms with Gasteiger partial charge in [0.05, 0.1) is 0 Å². The van der Waals surface area contributed by atoms with E-state index in [0.29, 0.717) is 18.4 Å². The molecular weight excluding hydrogens is 257 g/mol. The maximum absolute atomic E-state index is 13.7. The summed E-state index contributed by atoms with van der Waals surface area (Å²) in [6.45, 7) is 7.65. The zero-order valence-corrected chi connectivity index (χ0v) is 12.5. The van der Waals surface area contributed by atoms with Crippen molar-refractivity contribution in [1.82, 2.24) is 5.32 Å². The van der Waals surface area contributed by atoms with Crippen molar-refractivity contribution in [3.63, 3.8) is 0 Å². The molecule has 0 aromatic heterocycles. The van der Waals surface area contributed by atoms with Gasteiger partial charge in [0, 0.05) is 19.1 Å². The Hall–Kier alpha value is -1.13. The lowest BCUT2D eigenvalue weighted by molar-refractivity contribution is -0.105. The molecule has 0 radical (unpaired) electrons. The zero-order chi connectivity index (χ0) is 14.5. The number of nitrogens with one attached hydrogen (secondary N) is 1. The van der Waals surface area contributed by atoms with E-state index in [0.717, 1.165) is 24.9 Å². The molecule has 3 unspecified atom stereocenters. The van der Waals surface area contributed by atoms with Crippen LogP contribution in [0.1, 0.15) is 32.3 Å². The summed E-state index contributed by atoms with van der Waals surface area (Å²) < 4.78 is 25.3. The first-order chi connectivity index (χ1) is 9.65. The van der Waals surface area contributed by atoms with Crippen molar-refractivity contribution >= 4 is 0 Å². The first kappa shape index (κ1) is 15.3. The number of rotatable bonds is 7. The molecule has 0 amide bonds. The molecule has 3 nitrogen and oxygen atoms in total. The van der Waals surface area contributed by atoms with E-state index in [1.54, 1.807) is 12.1 Å². The fraction of sp³-hybridized carbons (Fsp3) is 0.625. The van der Waals surface area contributed by atoms with Gasteiger partial charge in [-0.05, 0) is 44.5 Å². The first-order valence-corrected chi connectivity index (χ1v) is 7.43. The zero-order valence-electron chi connectivity index (χ0n) is 12.5. The van der Waals surface area contributed by atoms with Crippen LogP contribution in [0.4, 0.5) is 4.39 Å². The molecule has 20 heavy (non-hydrogen) atoms. The molecule has 3 atom stereocenters. The van der Waals surface area contributed by atoms with E-state index < -0.39 is 0 Å². The van der Waals surface area contributed by atoms with E-state index in [1.807, 2.05) is 13.8 Å². The number of aryl methyl sites for hydroxylation is 1. The molecular formula is C16H24FNO2. The van der Waals surface area contributed by atoms with Crippen LogP contribution in [0.5, 0.6) is 5.75 Å². The second kappa shape index (κ2) is 7.04. The summed E-state index contributed by atoms with van der Waals surface area (Å²) in [6.07, 6.45) is 1.89. The van der Waals surface area contributed by atoms with Crippen LogP contribution in [0.15, 0.2) is 18.2 Å². The Morgan fingerprint density at radius 1 is 1.35 bits per heavy atom. The topological polar surface area (TPSA) is 30.5 Å². The third-order valence-electron chi connectivity index (χ3n) is 3.63. The molecule has 0 saturated heterocycles. The number of ether oxygens (including phenoxy) is 2. The minimum Gasteiger partial charge on any atom is -0.485 e. The Morgan fingerprint density at radius 3 is 2.85 bits per heavy atom. The van der Waals surface area contributed by atoms with Crippen LogP contribution in [-0.2, 0) is 4.74 Å². The lowest BCUT2D eigenvalue weighted by Crippen LogP contribution is -2.61. The third kappa shape index (κ3) is 3.49. The van der Waals surface area contributed by atoms with Gasteiger partial charge in [0.1, 0.15) is 12.2 Å². The highest BCUT2D eigenvalue weighted by atomic mass is 19.1. The molecule has 0 bridgehead atoms. The number of hydrogen-bond acceptors (Lipinski definition) is 3. The highest BCUT2D eigenvalue weighted by molar-refractivity contribution is 5.30. The van der Waals surface area contributed by atoms with Crippen molar-refractivity contribution in [2.75, 3.05) is 13.2 Å². The Labute approximate surface area is 120 Å². The second-order valence-electron chi connectivity index (χ2n) is 5.31. The van der Waals surface area contributed by atoms with Crippen molar-refractivity contribution in [1.29, 1.82) is 0 Å². The molecule has 1 fully saturated rings. The van der Waals surface area contributed by atoms with E-state index >= 15 is 0 Å². The van der Waals surface area contributed by atoms with Crippen LogP contribution in [0.2, 0.25) is 0 Å². The largest absolute Gasteiger partial charge is 0.485 e. The summed E-state index contributed by atoms with van der Waals surface area (Å²) in [5, 5.41) is 3.45. The minimum absolute atomic E-state index is 0.00598. The fourth-order valence-electron chi connectivity index (χ4n) is 2.51. The lowest BCUT2D eigenvalue weighted by Gasteiger charge is -2.44.